The summed E-state index contributed by atoms with van der Waals surface area (Å²) in [4.78, 5) is 4.47. The van der Waals surface area contributed by atoms with Gasteiger partial charge in [0, 0.05) is 0 Å². The maximum Gasteiger partial charge on any atom is 0.172 e. The molecule has 5 heteroatoms. The molecule has 1 rings (SSSR count). The van der Waals surface area contributed by atoms with Crippen LogP contribution in [0.2, 0.25) is 0 Å². The van der Waals surface area contributed by atoms with Crippen LogP contribution >= 0.6 is 15.9 Å². The number of nitrogens with two attached hydrogens (primary N) is 1. The zero-order valence-corrected chi connectivity index (χ0v) is 9.37. The number of phenolic OH excluding ortho intramolecular Hbond substituents is 1. The van der Waals surface area contributed by atoms with Crippen molar-refractivity contribution >= 4 is 15.9 Å². The van der Waals surface area contributed by atoms with Gasteiger partial charge >= 0.3 is 0 Å². The van der Waals surface area contributed by atoms with Crippen molar-refractivity contribution in [1.29, 1.82) is 0 Å². The molecule has 3 N–H and O–H groups in total. The van der Waals surface area contributed by atoms with Gasteiger partial charge < -0.3 is 14.7 Å². The summed E-state index contributed by atoms with van der Waals surface area (Å²) in [5.74, 6) is 5.46. The lowest BCUT2D eigenvalue weighted by Crippen LogP contribution is -2.03. The van der Waals surface area contributed by atoms with E-state index in [1.807, 2.05) is 0 Å². The van der Waals surface area contributed by atoms with Crippen LogP contribution in [-0.2, 0) is 11.3 Å². The minimum Gasteiger partial charge on any atom is -0.503 e. The van der Waals surface area contributed by atoms with Gasteiger partial charge in [0.15, 0.2) is 11.5 Å². The zero-order valence-electron chi connectivity index (χ0n) is 7.79. The summed E-state index contributed by atoms with van der Waals surface area (Å²) in [5, 5.41) is 9.52. The summed E-state index contributed by atoms with van der Waals surface area (Å²) in [7, 11) is 1.50. The second-order valence-electron chi connectivity index (χ2n) is 2.75. The molecule has 1 aromatic rings. The highest BCUT2D eigenvalue weighted by Crippen LogP contribution is 2.35. The molecule has 0 radical (unpaired) electrons. The van der Waals surface area contributed by atoms with Crippen molar-refractivity contribution in [2.75, 3.05) is 13.7 Å². The SMILES string of the molecule is COc1cc(CCON)cc(Br)c1O. The van der Waals surface area contributed by atoms with E-state index in [1.54, 1.807) is 12.1 Å². The number of hydrogen-bond donors (Lipinski definition) is 2. The average Bonchev–Trinajstić information content (AvgIpc) is 2.19. The molecular weight excluding hydrogens is 250 g/mol. The van der Waals surface area contributed by atoms with E-state index in [4.69, 9.17) is 10.6 Å². The van der Waals surface area contributed by atoms with Gasteiger partial charge in [-0.1, -0.05) is 0 Å². The van der Waals surface area contributed by atoms with Gasteiger partial charge in [-0.25, -0.2) is 5.90 Å². The van der Waals surface area contributed by atoms with E-state index < -0.39 is 0 Å². The van der Waals surface area contributed by atoms with Crippen LogP contribution in [0.1, 0.15) is 5.56 Å². The number of benzene rings is 1. The van der Waals surface area contributed by atoms with E-state index in [1.165, 1.54) is 7.11 Å². The van der Waals surface area contributed by atoms with Crippen LogP contribution in [0.5, 0.6) is 11.5 Å². The van der Waals surface area contributed by atoms with E-state index in [0.717, 1.165) is 5.56 Å². The lowest BCUT2D eigenvalue weighted by atomic mass is 10.1. The summed E-state index contributed by atoms with van der Waals surface area (Å²) in [5.41, 5.74) is 0.983. The van der Waals surface area contributed by atoms with Crippen LogP contribution < -0.4 is 10.6 Å². The molecule has 14 heavy (non-hydrogen) atoms. The van der Waals surface area contributed by atoms with Gasteiger partial charge in [-0.05, 0) is 40.0 Å². The van der Waals surface area contributed by atoms with Gasteiger partial charge in [0.2, 0.25) is 0 Å². The second kappa shape index (κ2) is 5.19. The molecule has 4 nitrogen and oxygen atoms in total. The Morgan fingerprint density at radius 1 is 1.50 bits per heavy atom. The van der Waals surface area contributed by atoms with E-state index in [-0.39, 0.29) is 5.75 Å². The van der Waals surface area contributed by atoms with Crippen molar-refractivity contribution in [3.05, 3.63) is 22.2 Å². The van der Waals surface area contributed by atoms with E-state index in [0.29, 0.717) is 23.2 Å². The normalized spacial score (nSPS) is 10.2. The summed E-state index contributed by atoms with van der Waals surface area (Å²) in [6.07, 6.45) is 0.672. The number of aromatic hydroxyl groups is 1. The summed E-state index contributed by atoms with van der Waals surface area (Å²) in [6, 6.07) is 3.55. The minimum absolute atomic E-state index is 0.102. The number of phenols is 1. The Kier molecular flexibility index (Phi) is 4.19. The van der Waals surface area contributed by atoms with Gasteiger partial charge in [-0.15, -0.1) is 0 Å². The van der Waals surface area contributed by atoms with Gasteiger partial charge in [0.05, 0.1) is 18.2 Å². The van der Waals surface area contributed by atoms with Crippen LogP contribution in [0.4, 0.5) is 0 Å². The van der Waals surface area contributed by atoms with Gasteiger partial charge in [0.1, 0.15) is 0 Å². The number of methoxy groups -OCH3 is 1. The smallest absolute Gasteiger partial charge is 0.172 e. The first-order valence-corrected chi connectivity index (χ1v) is 4.85. The van der Waals surface area contributed by atoms with Crippen molar-refractivity contribution < 1.29 is 14.7 Å². The molecule has 0 saturated carbocycles. The molecule has 0 heterocycles. The Bertz CT molecular complexity index is 317. The molecule has 0 aliphatic carbocycles. The molecule has 0 aliphatic heterocycles. The standard InChI is InChI=1S/C9H12BrNO3/c1-13-8-5-6(2-3-14-11)4-7(10)9(8)12/h4-5,12H,2-3,11H2,1H3. The molecule has 0 aromatic heterocycles. The topological polar surface area (TPSA) is 64.7 Å². The van der Waals surface area contributed by atoms with Crippen LogP contribution in [-0.4, -0.2) is 18.8 Å². The molecule has 0 atom stereocenters. The van der Waals surface area contributed by atoms with Crippen LogP contribution in [0, 0.1) is 0 Å². The Morgan fingerprint density at radius 3 is 2.79 bits per heavy atom. The third-order valence-electron chi connectivity index (χ3n) is 1.82. The van der Waals surface area contributed by atoms with Crippen LogP contribution in [0.3, 0.4) is 0 Å². The Labute approximate surface area is 90.7 Å². The Balaban J connectivity index is 2.91. The van der Waals surface area contributed by atoms with Crippen molar-refractivity contribution in [2.45, 2.75) is 6.42 Å². The first-order chi connectivity index (χ1) is 6.69. The third kappa shape index (κ3) is 2.60. The van der Waals surface area contributed by atoms with Gasteiger partial charge in [-0.3, -0.25) is 0 Å². The molecular formula is C9H12BrNO3. The summed E-state index contributed by atoms with van der Waals surface area (Å²) < 4.78 is 5.60. The Morgan fingerprint density at radius 2 is 2.21 bits per heavy atom. The molecule has 0 saturated heterocycles. The largest absolute Gasteiger partial charge is 0.503 e. The first kappa shape index (κ1) is 11.3. The number of ether oxygens (including phenoxy) is 1. The summed E-state index contributed by atoms with van der Waals surface area (Å²) in [6.45, 7) is 0.431. The average molecular weight is 262 g/mol. The predicted molar refractivity (Wildman–Crippen MR) is 56.2 cm³/mol. The number of rotatable bonds is 4. The molecule has 0 amide bonds. The molecule has 0 spiro atoms. The Hall–Kier alpha value is -0.780. The highest BCUT2D eigenvalue weighted by atomic mass is 79.9. The lowest BCUT2D eigenvalue weighted by molar-refractivity contribution is 0.141. The fourth-order valence-corrected chi connectivity index (χ4v) is 1.59. The fourth-order valence-electron chi connectivity index (χ4n) is 1.10. The second-order valence-corrected chi connectivity index (χ2v) is 3.60. The van der Waals surface area contributed by atoms with Crippen molar-refractivity contribution in [2.24, 2.45) is 5.90 Å². The van der Waals surface area contributed by atoms with E-state index in [2.05, 4.69) is 20.8 Å². The quantitative estimate of drug-likeness (QED) is 0.809. The van der Waals surface area contributed by atoms with E-state index >= 15 is 0 Å². The van der Waals surface area contributed by atoms with Crippen molar-refractivity contribution in [3.8, 4) is 11.5 Å². The molecule has 78 valence electrons. The molecule has 0 unspecified atom stereocenters. The predicted octanol–water partition coefficient (Wildman–Crippen LogP) is 1.60. The van der Waals surface area contributed by atoms with Gasteiger partial charge in [-0.2, -0.15) is 0 Å². The molecule has 0 aliphatic rings. The van der Waals surface area contributed by atoms with Crippen LogP contribution in [0.25, 0.3) is 0 Å². The maximum absolute atomic E-state index is 9.52. The highest BCUT2D eigenvalue weighted by molar-refractivity contribution is 9.10. The van der Waals surface area contributed by atoms with Crippen molar-refractivity contribution in [3.63, 3.8) is 0 Å². The number of hydrogen-bond acceptors (Lipinski definition) is 4. The zero-order chi connectivity index (χ0) is 10.6. The maximum atomic E-state index is 9.52. The molecule has 0 fully saturated rings. The van der Waals surface area contributed by atoms with Crippen molar-refractivity contribution in [1.82, 2.24) is 0 Å². The lowest BCUT2D eigenvalue weighted by Gasteiger charge is -2.08. The molecule has 1 aromatic carbocycles. The molecule has 0 bridgehead atoms. The fraction of sp³-hybridized carbons (Fsp3) is 0.333. The monoisotopic (exact) mass is 261 g/mol. The van der Waals surface area contributed by atoms with Crippen LogP contribution in [0.15, 0.2) is 16.6 Å². The third-order valence-corrected chi connectivity index (χ3v) is 2.42. The van der Waals surface area contributed by atoms with E-state index in [9.17, 15) is 5.11 Å². The number of halogens is 1. The van der Waals surface area contributed by atoms with Gasteiger partial charge in [0.25, 0.3) is 0 Å². The summed E-state index contributed by atoms with van der Waals surface area (Å²) >= 11 is 3.23. The first-order valence-electron chi connectivity index (χ1n) is 4.06. The minimum atomic E-state index is 0.102. The highest BCUT2D eigenvalue weighted by Gasteiger charge is 2.08.